The van der Waals surface area contributed by atoms with E-state index in [9.17, 15) is 8.42 Å². The van der Waals surface area contributed by atoms with Gasteiger partial charge in [0.15, 0.2) is 0 Å². The van der Waals surface area contributed by atoms with Gasteiger partial charge in [-0.3, -0.25) is 0 Å². The molecule has 1 aromatic rings. The van der Waals surface area contributed by atoms with E-state index < -0.39 is 10.0 Å². The minimum Gasteiger partial charge on any atom is -0.311 e. The average Bonchev–Trinajstić information content (AvgIpc) is 2.39. The topological polar surface area (TPSA) is 49.4 Å². The van der Waals surface area contributed by atoms with E-state index >= 15 is 0 Å². The highest BCUT2D eigenvalue weighted by Gasteiger charge is 2.34. The van der Waals surface area contributed by atoms with Gasteiger partial charge in [0, 0.05) is 25.2 Å². The van der Waals surface area contributed by atoms with Crippen molar-refractivity contribution in [2.75, 3.05) is 13.1 Å². The predicted molar refractivity (Wildman–Crippen MR) is 81.9 cm³/mol. The van der Waals surface area contributed by atoms with Crippen LogP contribution in [-0.4, -0.2) is 37.9 Å². The van der Waals surface area contributed by atoms with Crippen LogP contribution in [0, 0.1) is 5.92 Å². The quantitative estimate of drug-likeness (QED) is 0.922. The molecule has 1 saturated heterocycles. The maximum absolute atomic E-state index is 12.6. The molecule has 1 fully saturated rings. The molecule has 1 aliphatic heterocycles. The molecule has 1 aromatic carbocycles. The Morgan fingerprint density at radius 1 is 1.30 bits per heavy atom. The second kappa shape index (κ2) is 6.24. The van der Waals surface area contributed by atoms with Crippen LogP contribution in [0.15, 0.2) is 30.3 Å². The Labute approximate surface area is 122 Å². The SMILES string of the molecule is CC(C)C1CN(S(=O)(=O)Cc2ccccc2)C(C)CN1. The van der Waals surface area contributed by atoms with Gasteiger partial charge in [-0.25, -0.2) is 8.42 Å². The van der Waals surface area contributed by atoms with Crippen LogP contribution in [0.1, 0.15) is 26.3 Å². The second-order valence-electron chi connectivity index (χ2n) is 5.92. The molecule has 112 valence electrons. The molecular formula is C15H24N2O2S. The maximum Gasteiger partial charge on any atom is 0.218 e. The summed E-state index contributed by atoms with van der Waals surface area (Å²) in [5.41, 5.74) is 0.847. The van der Waals surface area contributed by atoms with E-state index in [4.69, 9.17) is 0 Å². The number of sulfonamides is 1. The van der Waals surface area contributed by atoms with E-state index in [0.717, 1.165) is 12.1 Å². The molecule has 0 saturated carbocycles. The minimum atomic E-state index is -3.26. The molecule has 1 N–H and O–H groups in total. The van der Waals surface area contributed by atoms with Gasteiger partial charge in [0.25, 0.3) is 0 Å². The van der Waals surface area contributed by atoms with E-state index in [-0.39, 0.29) is 17.8 Å². The van der Waals surface area contributed by atoms with Crippen molar-refractivity contribution < 1.29 is 8.42 Å². The van der Waals surface area contributed by atoms with Gasteiger partial charge >= 0.3 is 0 Å². The zero-order valence-electron chi connectivity index (χ0n) is 12.4. The molecule has 2 rings (SSSR count). The van der Waals surface area contributed by atoms with Crippen molar-refractivity contribution in [2.24, 2.45) is 5.92 Å². The number of hydrogen-bond donors (Lipinski definition) is 1. The Kier molecular flexibility index (Phi) is 4.83. The van der Waals surface area contributed by atoms with Gasteiger partial charge in [-0.05, 0) is 18.4 Å². The van der Waals surface area contributed by atoms with Crippen LogP contribution >= 0.6 is 0 Å². The van der Waals surface area contributed by atoms with Gasteiger partial charge in [0.2, 0.25) is 10.0 Å². The van der Waals surface area contributed by atoms with Crippen molar-refractivity contribution in [3.8, 4) is 0 Å². The van der Waals surface area contributed by atoms with Crippen molar-refractivity contribution >= 4 is 10.0 Å². The Morgan fingerprint density at radius 2 is 1.95 bits per heavy atom. The lowest BCUT2D eigenvalue weighted by atomic mass is 10.0. The largest absolute Gasteiger partial charge is 0.311 e. The lowest BCUT2D eigenvalue weighted by Crippen LogP contribution is -2.58. The molecule has 2 atom stereocenters. The predicted octanol–water partition coefficient (Wildman–Crippen LogP) is 1.83. The standard InChI is InChI=1S/C15H24N2O2S/c1-12(2)15-10-17(13(3)9-16-15)20(18,19)11-14-7-5-4-6-8-14/h4-8,12-13,15-16H,9-11H2,1-3H3. The molecule has 0 spiro atoms. The zero-order chi connectivity index (χ0) is 14.8. The number of rotatable bonds is 4. The van der Waals surface area contributed by atoms with E-state index in [1.165, 1.54) is 0 Å². The summed E-state index contributed by atoms with van der Waals surface area (Å²) in [6.45, 7) is 7.49. The van der Waals surface area contributed by atoms with Gasteiger partial charge in [-0.2, -0.15) is 4.31 Å². The number of nitrogens with zero attached hydrogens (tertiary/aromatic N) is 1. The monoisotopic (exact) mass is 296 g/mol. The van der Waals surface area contributed by atoms with Crippen LogP contribution < -0.4 is 5.32 Å². The molecule has 4 nitrogen and oxygen atoms in total. The second-order valence-corrected chi connectivity index (χ2v) is 7.84. The van der Waals surface area contributed by atoms with Gasteiger partial charge < -0.3 is 5.32 Å². The summed E-state index contributed by atoms with van der Waals surface area (Å²) < 4.78 is 26.9. The van der Waals surface area contributed by atoms with Crippen LogP contribution in [-0.2, 0) is 15.8 Å². The van der Waals surface area contributed by atoms with Crippen molar-refractivity contribution in [2.45, 2.75) is 38.6 Å². The van der Waals surface area contributed by atoms with Crippen molar-refractivity contribution in [1.29, 1.82) is 0 Å². The van der Waals surface area contributed by atoms with Crippen LogP contribution in [0.5, 0.6) is 0 Å². The summed E-state index contributed by atoms with van der Waals surface area (Å²) in [4.78, 5) is 0. The molecule has 0 aliphatic carbocycles. The fourth-order valence-corrected chi connectivity index (χ4v) is 4.35. The highest BCUT2D eigenvalue weighted by atomic mass is 32.2. The third-order valence-electron chi connectivity index (χ3n) is 3.90. The fraction of sp³-hybridized carbons (Fsp3) is 0.600. The minimum absolute atomic E-state index is 0.0127. The van der Waals surface area contributed by atoms with Crippen molar-refractivity contribution in [3.05, 3.63) is 35.9 Å². The van der Waals surface area contributed by atoms with Crippen LogP contribution in [0.25, 0.3) is 0 Å². The highest BCUT2D eigenvalue weighted by molar-refractivity contribution is 7.88. The normalized spacial score (nSPS) is 25.0. The fourth-order valence-electron chi connectivity index (χ4n) is 2.56. The van der Waals surface area contributed by atoms with Gasteiger partial charge in [-0.15, -0.1) is 0 Å². The zero-order valence-corrected chi connectivity index (χ0v) is 13.2. The van der Waals surface area contributed by atoms with Gasteiger partial charge in [0.05, 0.1) is 5.75 Å². The molecule has 0 bridgehead atoms. The number of piperazine rings is 1. The summed E-state index contributed by atoms with van der Waals surface area (Å²) in [6.07, 6.45) is 0. The first-order valence-electron chi connectivity index (χ1n) is 7.17. The van der Waals surface area contributed by atoms with Gasteiger partial charge in [-0.1, -0.05) is 44.2 Å². The average molecular weight is 296 g/mol. The summed E-state index contributed by atoms with van der Waals surface area (Å²) in [6, 6.07) is 9.63. The molecule has 20 heavy (non-hydrogen) atoms. The molecule has 0 radical (unpaired) electrons. The van der Waals surface area contributed by atoms with E-state index in [1.54, 1.807) is 4.31 Å². The molecule has 1 heterocycles. The Bertz CT molecular complexity index is 528. The van der Waals surface area contributed by atoms with Crippen LogP contribution in [0.3, 0.4) is 0 Å². The molecule has 0 aromatic heterocycles. The lowest BCUT2D eigenvalue weighted by molar-refractivity contribution is 0.206. The molecule has 5 heteroatoms. The number of hydrogen-bond acceptors (Lipinski definition) is 3. The first kappa shape index (κ1) is 15.5. The summed E-state index contributed by atoms with van der Waals surface area (Å²) in [7, 11) is -3.26. The van der Waals surface area contributed by atoms with E-state index in [0.29, 0.717) is 12.5 Å². The Hall–Kier alpha value is -0.910. The maximum atomic E-state index is 12.6. The lowest BCUT2D eigenvalue weighted by Gasteiger charge is -2.39. The first-order valence-corrected chi connectivity index (χ1v) is 8.78. The van der Waals surface area contributed by atoms with Crippen molar-refractivity contribution in [1.82, 2.24) is 9.62 Å². The number of nitrogens with one attached hydrogen (secondary N) is 1. The summed E-state index contributed by atoms with van der Waals surface area (Å²) >= 11 is 0. The van der Waals surface area contributed by atoms with E-state index in [1.807, 2.05) is 37.3 Å². The molecule has 1 aliphatic rings. The van der Waals surface area contributed by atoms with Crippen LogP contribution in [0.2, 0.25) is 0 Å². The summed E-state index contributed by atoms with van der Waals surface area (Å²) in [5, 5.41) is 3.43. The third kappa shape index (κ3) is 3.59. The number of benzene rings is 1. The molecule has 0 amide bonds. The van der Waals surface area contributed by atoms with E-state index in [2.05, 4.69) is 19.2 Å². The van der Waals surface area contributed by atoms with Crippen LogP contribution in [0.4, 0.5) is 0 Å². The summed E-state index contributed by atoms with van der Waals surface area (Å²) in [5.74, 6) is 0.514. The Morgan fingerprint density at radius 3 is 2.55 bits per heavy atom. The van der Waals surface area contributed by atoms with Gasteiger partial charge in [0.1, 0.15) is 0 Å². The smallest absolute Gasteiger partial charge is 0.218 e. The highest BCUT2D eigenvalue weighted by Crippen LogP contribution is 2.19. The van der Waals surface area contributed by atoms with Crippen molar-refractivity contribution in [3.63, 3.8) is 0 Å². The Balaban J connectivity index is 2.15. The molecular weight excluding hydrogens is 272 g/mol. The molecule has 2 unspecified atom stereocenters. The third-order valence-corrected chi connectivity index (χ3v) is 5.82. The first-order chi connectivity index (χ1) is 9.40.